The van der Waals surface area contributed by atoms with Gasteiger partial charge in [0.05, 0.1) is 11.5 Å². The van der Waals surface area contributed by atoms with E-state index in [2.05, 4.69) is 5.32 Å². The third-order valence-corrected chi connectivity index (χ3v) is 4.51. The Balaban J connectivity index is 1.97. The van der Waals surface area contributed by atoms with Crippen LogP contribution in [-0.2, 0) is 9.53 Å². The number of aliphatic carboxylic acids is 1. The molecular weight excluding hydrogens is 338 g/mol. The van der Waals surface area contributed by atoms with Crippen molar-refractivity contribution in [3.05, 3.63) is 45.8 Å². The van der Waals surface area contributed by atoms with E-state index in [1.54, 1.807) is 6.07 Å². The highest BCUT2D eigenvalue weighted by molar-refractivity contribution is 7.17. The Bertz CT molecular complexity index is 714. The van der Waals surface area contributed by atoms with Crippen LogP contribution in [0.4, 0.5) is 0 Å². The third kappa shape index (κ3) is 5.06. The normalized spacial score (nSPS) is 10.5. The minimum atomic E-state index is -1.03. The third-order valence-electron chi connectivity index (χ3n) is 2.99. The van der Waals surface area contributed by atoms with Crippen molar-refractivity contribution in [1.82, 2.24) is 5.32 Å². The van der Waals surface area contributed by atoms with Crippen LogP contribution in [0.2, 0.25) is 5.02 Å². The fourth-order valence-corrected chi connectivity index (χ4v) is 3.27. The van der Waals surface area contributed by atoms with Gasteiger partial charge in [0.1, 0.15) is 6.61 Å². The fraction of sp³-hybridized carbons (Fsp3) is 0.250. The number of thiophene rings is 1. The van der Waals surface area contributed by atoms with Gasteiger partial charge in [0, 0.05) is 16.4 Å². The lowest BCUT2D eigenvalue weighted by atomic mass is 10.1. The van der Waals surface area contributed by atoms with Gasteiger partial charge in [0.25, 0.3) is 5.91 Å². The lowest BCUT2D eigenvalue weighted by Gasteiger charge is -2.03. The summed E-state index contributed by atoms with van der Waals surface area (Å²) >= 11 is 7.40. The van der Waals surface area contributed by atoms with Gasteiger partial charge >= 0.3 is 5.97 Å². The van der Waals surface area contributed by atoms with E-state index in [0.717, 1.165) is 16.0 Å². The first-order chi connectivity index (χ1) is 11.0. The molecule has 7 heteroatoms. The maximum Gasteiger partial charge on any atom is 0.329 e. The van der Waals surface area contributed by atoms with Crippen LogP contribution in [0.25, 0.3) is 10.4 Å². The molecule has 122 valence electrons. The van der Waals surface area contributed by atoms with Gasteiger partial charge in [-0.25, -0.2) is 4.79 Å². The minimum Gasteiger partial charge on any atom is -0.480 e. The largest absolute Gasteiger partial charge is 0.480 e. The lowest BCUT2D eigenvalue weighted by Crippen LogP contribution is -2.27. The van der Waals surface area contributed by atoms with E-state index in [9.17, 15) is 9.59 Å². The van der Waals surface area contributed by atoms with E-state index >= 15 is 0 Å². The first-order valence-corrected chi connectivity index (χ1v) is 8.11. The molecule has 2 rings (SSSR count). The van der Waals surface area contributed by atoms with E-state index in [-0.39, 0.29) is 25.7 Å². The number of carbonyl (C=O) groups is 2. The standard InChI is InChI=1S/C16H16ClNO4S/c1-10-7-13(16(21)18-5-6-22-9-14(19)20)23-15(10)11-3-2-4-12(17)8-11/h2-4,7-8H,5-6,9H2,1H3,(H,18,21)(H,19,20). The average molecular weight is 354 g/mol. The zero-order valence-electron chi connectivity index (χ0n) is 12.5. The summed E-state index contributed by atoms with van der Waals surface area (Å²) in [6, 6.07) is 9.32. The van der Waals surface area contributed by atoms with Crippen molar-refractivity contribution in [1.29, 1.82) is 0 Å². The van der Waals surface area contributed by atoms with Gasteiger partial charge in [0.2, 0.25) is 0 Å². The number of nitrogens with one attached hydrogen (secondary N) is 1. The molecule has 0 aliphatic rings. The molecule has 2 N–H and O–H groups in total. The van der Waals surface area contributed by atoms with Gasteiger partial charge in [-0.05, 0) is 36.2 Å². The number of carboxylic acid groups (broad SMARTS) is 1. The van der Waals surface area contributed by atoms with Crippen molar-refractivity contribution in [2.75, 3.05) is 19.8 Å². The molecule has 1 aromatic carbocycles. The molecule has 0 aliphatic carbocycles. The zero-order chi connectivity index (χ0) is 16.8. The van der Waals surface area contributed by atoms with E-state index in [4.69, 9.17) is 21.4 Å². The van der Waals surface area contributed by atoms with Gasteiger partial charge in [0.15, 0.2) is 0 Å². The van der Waals surface area contributed by atoms with Crippen LogP contribution in [0.15, 0.2) is 30.3 Å². The van der Waals surface area contributed by atoms with Crippen LogP contribution >= 0.6 is 22.9 Å². The lowest BCUT2D eigenvalue weighted by molar-refractivity contribution is -0.142. The van der Waals surface area contributed by atoms with Crippen LogP contribution < -0.4 is 5.32 Å². The van der Waals surface area contributed by atoms with Crippen LogP contribution in [0, 0.1) is 6.92 Å². The average Bonchev–Trinajstić information content (AvgIpc) is 2.88. The maximum absolute atomic E-state index is 12.1. The molecule has 5 nitrogen and oxygen atoms in total. The monoisotopic (exact) mass is 353 g/mol. The molecule has 0 aliphatic heterocycles. The molecule has 0 bridgehead atoms. The topological polar surface area (TPSA) is 75.6 Å². The first-order valence-electron chi connectivity index (χ1n) is 6.91. The molecular formula is C16H16ClNO4S. The Morgan fingerprint density at radius 2 is 2.13 bits per heavy atom. The Kier molecular flexibility index (Phi) is 6.15. The summed E-state index contributed by atoms with van der Waals surface area (Å²) in [5, 5.41) is 11.8. The molecule has 0 saturated carbocycles. The second-order valence-corrected chi connectivity index (χ2v) is 6.32. The van der Waals surface area contributed by atoms with E-state index in [1.165, 1.54) is 11.3 Å². The number of ether oxygens (including phenoxy) is 1. The molecule has 0 fully saturated rings. The van der Waals surface area contributed by atoms with Crippen molar-refractivity contribution in [3.8, 4) is 10.4 Å². The molecule has 1 heterocycles. The summed E-state index contributed by atoms with van der Waals surface area (Å²) in [5.74, 6) is -1.23. The molecule has 1 amide bonds. The number of hydrogen-bond acceptors (Lipinski definition) is 4. The van der Waals surface area contributed by atoms with Crippen LogP contribution in [0.3, 0.4) is 0 Å². The molecule has 0 atom stereocenters. The number of halogens is 1. The molecule has 0 radical (unpaired) electrons. The first kappa shape index (κ1) is 17.5. The summed E-state index contributed by atoms with van der Waals surface area (Å²) in [4.78, 5) is 24.0. The number of amides is 1. The van der Waals surface area contributed by atoms with Crippen molar-refractivity contribution in [2.45, 2.75) is 6.92 Å². The SMILES string of the molecule is Cc1cc(C(=O)NCCOCC(=O)O)sc1-c1cccc(Cl)c1. The Labute approximate surface area is 142 Å². The summed E-state index contributed by atoms with van der Waals surface area (Å²) in [6.07, 6.45) is 0. The highest BCUT2D eigenvalue weighted by atomic mass is 35.5. The highest BCUT2D eigenvalue weighted by Gasteiger charge is 2.13. The Hall–Kier alpha value is -1.89. The minimum absolute atomic E-state index is 0.156. The van der Waals surface area contributed by atoms with Gasteiger partial charge in [-0.3, -0.25) is 4.79 Å². The number of carbonyl (C=O) groups excluding carboxylic acids is 1. The zero-order valence-corrected chi connectivity index (χ0v) is 14.0. The van der Waals surface area contributed by atoms with Crippen LogP contribution in [0.5, 0.6) is 0 Å². The number of benzene rings is 1. The molecule has 2 aromatic rings. The van der Waals surface area contributed by atoms with Crippen molar-refractivity contribution in [3.63, 3.8) is 0 Å². The second kappa shape index (κ2) is 8.10. The molecule has 0 spiro atoms. The predicted molar refractivity (Wildman–Crippen MR) is 90.3 cm³/mol. The number of carboxylic acids is 1. The van der Waals surface area contributed by atoms with Gasteiger partial charge < -0.3 is 15.2 Å². The van der Waals surface area contributed by atoms with Crippen LogP contribution in [-0.4, -0.2) is 36.7 Å². The highest BCUT2D eigenvalue weighted by Crippen LogP contribution is 2.33. The van der Waals surface area contributed by atoms with Gasteiger partial charge in [-0.2, -0.15) is 0 Å². The van der Waals surface area contributed by atoms with Crippen molar-refractivity contribution < 1.29 is 19.4 Å². The predicted octanol–water partition coefficient (Wildman–Crippen LogP) is 3.21. The van der Waals surface area contributed by atoms with Gasteiger partial charge in [-0.15, -0.1) is 11.3 Å². The summed E-state index contributed by atoms with van der Waals surface area (Å²) < 4.78 is 4.87. The van der Waals surface area contributed by atoms with Crippen LogP contribution in [0.1, 0.15) is 15.2 Å². The molecule has 0 saturated heterocycles. The number of aryl methyl sites for hydroxylation is 1. The fourth-order valence-electron chi connectivity index (χ4n) is 1.99. The smallest absolute Gasteiger partial charge is 0.329 e. The molecule has 23 heavy (non-hydrogen) atoms. The van der Waals surface area contributed by atoms with E-state index in [0.29, 0.717) is 9.90 Å². The maximum atomic E-state index is 12.1. The second-order valence-electron chi connectivity index (χ2n) is 4.84. The Morgan fingerprint density at radius 3 is 2.83 bits per heavy atom. The van der Waals surface area contributed by atoms with Crippen molar-refractivity contribution >= 4 is 34.8 Å². The van der Waals surface area contributed by atoms with E-state index < -0.39 is 5.97 Å². The quantitative estimate of drug-likeness (QED) is 0.749. The molecule has 1 aromatic heterocycles. The Morgan fingerprint density at radius 1 is 1.35 bits per heavy atom. The van der Waals surface area contributed by atoms with E-state index in [1.807, 2.05) is 31.2 Å². The summed E-state index contributed by atoms with van der Waals surface area (Å²) in [5.41, 5.74) is 1.98. The molecule has 0 unspecified atom stereocenters. The summed E-state index contributed by atoms with van der Waals surface area (Å²) in [7, 11) is 0. The van der Waals surface area contributed by atoms with Gasteiger partial charge in [-0.1, -0.05) is 23.7 Å². The van der Waals surface area contributed by atoms with Crippen molar-refractivity contribution in [2.24, 2.45) is 0 Å². The number of rotatable bonds is 7. The summed E-state index contributed by atoms with van der Waals surface area (Å²) in [6.45, 7) is 1.99. The number of hydrogen-bond donors (Lipinski definition) is 2.